The van der Waals surface area contributed by atoms with Crippen LogP contribution in [0.1, 0.15) is 32.1 Å². The number of nitrogens with zero attached hydrogens (tertiary/aromatic N) is 1. The fourth-order valence-electron chi connectivity index (χ4n) is 3.25. The number of nitrogens with one attached hydrogen (secondary N) is 1. The third-order valence-electron chi connectivity index (χ3n) is 4.37. The van der Waals surface area contributed by atoms with Gasteiger partial charge >= 0.3 is 0 Å². The molecule has 0 amide bonds. The van der Waals surface area contributed by atoms with E-state index in [-0.39, 0.29) is 0 Å². The van der Waals surface area contributed by atoms with E-state index in [1.165, 1.54) is 25.5 Å². The highest BCUT2D eigenvalue weighted by atomic mass is 32.2. The third-order valence-corrected chi connectivity index (χ3v) is 6.81. The Balaban J connectivity index is 1.80. The number of thioether (sulfide) groups is 1. The summed E-state index contributed by atoms with van der Waals surface area (Å²) in [6, 6.07) is 0.628. The first-order chi connectivity index (χ1) is 9.00. The van der Waals surface area contributed by atoms with Crippen LogP contribution in [0.5, 0.6) is 0 Å². The Morgan fingerprint density at radius 3 is 2.74 bits per heavy atom. The predicted molar refractivity (Wildman–Crippen MR) is 82.1 cm³/mol. The van der Waals surface area contributed by atoms with E-state index in [4.69, 9.17) is 0 Å². The molecule has 1 N–H and O–H groups in total. The van der Waals surface area contributed by atoms with E-state index in [1.54, 1.807) is 4.31 Å². The molecule has 0 bridgehead atoms. The molecule has 4 nitrogen and oxygen atoms in total. The number of sulfonamides is 1. The van der Waals surface area contributed by atoms with Gasteiger partial charge in [-0.2, -0.15) is 11.8 Å². The van der Waals surface area contributed by atoms with Crippen LogP contribution in [0.15, 0.2) is 0 Å². The molecule has 0 aromatic rings. The number of rotatable bonds is 5. The second-order valence-electron chi connectivity index (χ2n) is 5.85. The molecule has 1 saturated carbocycles. The first kappa shape index (κ1) is 15.6. The predicted octanol–water partition coefficient (Wildman–Crippen LogP) is 1.53. The highest BCUT2D eigenvalue weighted by Crippen LogP contribution is 2.28. The maximum absolute atomic E-state index is 11.6. The van der Waals surface area contributed by atoms with Crippen molar-refractivity contribution < 1.29 is 8.42 Å². The molecule has 0 aromatic carbocycles. The Morgan fingerprint density at radius 2 is 2.05 bits per heavy atom. The second kappa shape index (κ2) is 6.78. The maximum Gasteiger partial charge on any atom is 0.211 e. The Bertz CT molecular complexity index is 386. The second-order valence-corrected chi connectivity index (χ2v) is 8.91. The molecule has 0 aromatic heterocycles. The van der Waals surface area contributed by atoms with Crippen molar-refractivity contribution in [2.45, 2.75) is 43.4 Å². The molecule has 3 unspecified atom stereocenters. The Morgan fingerprint density at radius 1 is 1.26 bits per heavy atom. The van der Waals surface area contributed by atoms with Crippen molar-refractivity contribution in [2.75, 3.05) is 32.1 Å². The standard InChI is InChI=1S/C13H26N2O2S2/c1-18-13-7-3-6-12(13)14-9-11-5-4-8-15(10-11)19(2,16)17/h11-14H,3-10H2,1-2H3. The van der Waals surface area contributed by atoms with Gasteiger partial charge in [-0.1, -0.05) is 6.42 Å². The molecule has 1 saturated heterocycles. The summed E-state index contributed by atoms with van der Waals surface area (Å²) in [7, 11) is -3.01. The smallest absolute Gasteiger partial charge is 0.211 e. The first-order valence-electron chi connectivity index (χ1n) is 7.22. The number of piperidine rings is 1. The minimum absolute atomic E-state index is 0.478. The lowest BCUT2D eigenvalue weighted by Crippen LogP contribution is -2.45. The molecule has 2 fully saturated rings. The molecular formula is C13H26N2O2S2. The molecule has 0 spiro atoms. The summed E-state index contributed by atoms with van der Waals surface area (Å²) < 4.78 is 24.8. The van der Waals surface area contributed by atoms with Gasteiger partial charge < -0.3 is 5.32 Å². The van der Waals surface area contributed by atoms with Crippen LogP contribution in [0.4, 0.5) is 0 Å². The normalized spacial score (nSPS) is 33.7. The van der Waals surface area contributed by atoms with Crippen LogP contribution in [0.25, 0.3) is 0 Å². The molecule has 1 aliphatic heterocycles. The zero-order chi connectivity index (χ0) is 13.9. The Labute approximate surface area is 121 Å². The van der Waals surface area contributed by atoms with E-state index < -0.39 is 10.0 Å². The van der Waals surface area contributed by atoms with E-state index in [2.05, 4.69) is 11.6 Å². The van der Waals surface area contributed by atoms with E-state index >= 15 is 0 Å². The molecule has 1 heterocycles. The molecule has 2 rings (SSSR count). The SMILES string of the molecule is CSC1CCCC1NCC1CCCN(S(C)(=O)=O)C1. The summed E-state index contributed by atoms with van der Waals surface area (Å²) in [4.78, 5) is 0. The van der Waals surface area contributed by atoms with Gasteiger partial charge in [-0.3, -0.25) is 0 Å². The summed E-state index contributed by atoms with van der Waals surface area (Å²) in [5, 5.41) is 4.43. The quantitative estimate of drug-likeness (QED) is 0.837. The van der Waals surface area contributed by atoms with Crippen LogP contribution >= 0.6 is 11.8 Å². The van der Waals surface area contributed by atoms with Crippen LogP contribution in [0.3, 0.4) is 0 Å². The summed E-state index contributed by atoms with van der Waals surface area (Å²) >= 11 is 1.96. The van der Waals surface area contributed by atoms with Gasteiger partial charge in [0.1, 0.15) is 0 Å². The summed E-state index contributed by atoms with van der Waals surface area (Å²) in [6.45, 7) is 2.36. The van der Waals surface area contributed by atoms with Gasteiger partial charge in [-0.05, 0) is 44.4 Å². The molecule has 6 heteroatoms. The minimum Gasteiger partial charge on any atom is -0.313 e. The van der Waals surface area contributed by atoms with Crippen molar-refractivity contribution in [3.05, 3.63) is 0 Å². The van der Waals surface area contributed by atoms with Crippen LogP contribution in [0.2, 0.25) is 0 Å². The molecule has 112 valence electrons. The summed E-state index contributed by atoms with van der Waals surface area (Å²) in [5.74, 6) is 0.478. The van der Waals surface area contributed by atoms with Crippen LogP contribution in [-0.4, -0.2) is 56.2 Å². The lowest BCUT2D eigenvalue weighted by atomic mass is 9.99. The average Bonchev–Trinajstić information content (AvgIpc) is 2.83. The van der Waals surface area contributed by atoms with Crippen molar-refractivity contribution in [3.63, 3.8) is 0 Å². The monoisotopic (exact) mass is 306 g/mol. The first-order valence-corrected chi connectivity index (χ1v) is 10.4. The Kier molecular flexibility index (Phi) is 5.57. The maximum atomic E-state index is 11.6. The van der Waals surface area contributed by atoms with E-state index in [9.17, 15) is 8.42 Å². The van der Waals surface area contributed by atoms with Crippen LogP contribution in [0, 0.1) is 5.92 Å². The van der Waals surface area contributed by atoms with Gasteiger partial charge in [-0.25, -0.2) is 12.7 Å². The molecule has 0 radical (unpaired) electrons. The van der Waals surface area contributed by atoms with Gasteiger partial charge in [-0.15, -0.1) is 0 Å². The highest BCUT2D eigenvalue weighted by molar-refractivity contribution is 7.99. The topological polar surface area (TPSA) is 49.4 Å². The molecule has 19 heavy (non-hydrogen) atoms. The van der Waals surface area contributed by atoms with Gasteiger partial charge in [0.15, 0.2) is 0 Å². The zero-order valence-electron chi connectivity index (χ0n) is 12.0. The minimum atomic E-state index is -3.01. The zero-order valence-corrected chi connectivity index (χ0v) is 13.6. The molecule has 1 aliphatic carbocycles. The van der Waals surface area contributed by atoms with E-state index in [1.807, 2.05) is 11.8 Å². The number of hydrogen-bond donors (Lipinski definition) is 1. The lowest BCUT2D eigenvalue weighted by Gasteiger charge is -2.32. The van der Waals surface area contributed by atoms with Crippen molar-refractivity contribution in [1.82, 2.24) is 9.62 Å². The molecule has 3 atom stereocenters. The van der Waals surface area contributed by atoms with Gasteiger partial charge in [0.25, 0.3) is 0 Å². The van der Waals surface area contributed by atoms with E-state index in [0.29, 0.717) is 25.0 Å². The van der Waals surface area contributed by atoms with Crippen LogP contribution < -0.4 is 5.32 Å². The number of hydrogen-bond acceptors (Lipinski definition) is 4. The molecule has 2 aliphatic rings. The van der Waals surface area contributed by atoms with Gasteiger partial charge in [0, 0.05) is 24.4 Å². The Hall–Kier alpha value is 0.220. The van der Waals surface area contributed by atoms with Crippen molar-refractivity contribution in [1.29, 1.82) is 0 Å². The fourth-order valence-corrected chi connectivity index (χ4v) is 5.16. The van der Waals surface area contributed by atoms with Crippen molar-refractivity contribution in [3.8, 4) is 0 Å². The molecular weight excluding hydrogens is 280 g/mol. The summed E-state index contributed by atoms with van der Waals surface area (Å²) in [6.07, 6.45) is 9.57. The van der Waals surface area contributed by atoms with Crippen molar-refractivity contribution >= 4 is 21.8 Å². The lowest BCUT2D eigenvalue weighted by molar-refractivity contribution is 0.256. The largest absolute Gasteiger partial charge is 0.313 e. The fraction of sp³-hybridized carbons (Fsp3) is 1.00. The summed E-state index contributed by atoms with van der Waals surface area (Å²) in [5.41, 5.74) is 0. The van der Waals surface area contributed by atoms with E-state index in [0.717, 1.165) is 24.6 Å². The highest BCUT2D eigenvalue weighted by Gasteiger charge is 2.29. The van der Waals surface area contributed by atoms with Gasteiger partial charge in [0.2, 0.25) is 10.0 Å². The van der Waals surface area contributed by atoms with Gasteiger partial charge in [0.05, 0.1) is 6.26 Å². The van der Waals surface area contributed by atoms with Crippen LogP contribution in [-0.2, 0) is 10.0 Å². The third kappa shape index (κ3) is 4.34. The van der Waals surface area contributed by atoms with Crippen molar-refractivity contribution in [2.24, 2.45) is 5.92 Å². The average molecular weight is 306 g/mol.